The Morgan fingerprint density at radius 1 is 1.57 bits per heavy atom. The van der Waals surface area contributed by atoms with E-state index in [2.05, 4.69) is 5.10 Å². The standard InChI is InChI=1S/C10H18FN3/c1-10(2,3)14-7-8(6-13-14)9(11)4-5-12/h6-7,9H,4-5,12H2,1-3H3. The molecular weight excluding hydrogens is 181 g/mol. The van der Waals surface area contributed by atoms with Crippen LogP contribution in [0.5, 0.6) is 0 Å². The predicted octanol–water partition coefficient (Wildman–Crippen LogP) is 2.00. The van der Waals surface area contributed by atoms with Crippen LogP contribution in [0.2, 0.25) is 0 Å². The second kappa shape index (κ2) is 4.09. The van der Waals surface area contributed by atoms with Crippen molar-refractivity contribution in [3.8, 4) is 0 Å². The Hall–Kier alpha value is -0.900. The molecule has 0 saturated heterocycles. The van der Waals surface area contributed by atoms with Crippen LogP contribution in [0.3, 0.4) is 0 Å². The first kappa shape index (κ1) is 11.2. The molecule has 0 aliphatic heterocycles. The van der Waals surface area contributed by atoms with Crippen LogP contribution in [-0.2, 0) is 5.54 Å². The number of rotatable bonds is 3. The Labute approximate surface area is 84.1 Å². The van der Waals surface area contributed by atoms with Gasteiger partial charge in [-0.1, -0.05) is 0 Å². The lowest BCUT2D eigenvalue weighted by Crippen LogP contribution is -2.22. The second-order valence-corrected chi connectivity index (χ2v) is 4.43. The molecule has 0 spiro atoms. The number of aromatic nitrogens is 2. The van der Waals surface area contributed by atoms with E-state index in [1.54, 1.807) is 17.1 Å². The highest BCUT2D eigenvalue weighted by Crippen LogP contribution is 2.22. The summed E-state index contributed by atoms with van der Waals surface area (Å²) < 4.78 is 15.2. The summed E-state index contributed by atoms with van der Waals surface area (Å²) in [4.78, 5) is 0. The number of halogens is 1. The molecule has 0 amide bonds. The Balaban J connectivity index is 2.78. The maximum Gasteiger partial charge on any atom is 0.129 e. The SMILES string of the molecule is CC(C)(C)n1cc(C(F)CCN)cn1. The molecule has 2 N–H and O–H groups in total. The van der Waals surface area contributed by atoms with Crippen LogP contribution in [0, 0.1) is 0 Å². The summed E-state index contributed by atoms with van der Waals surface area (Å²) >= 11 is 0. The predicted molar refractivity (Wildman–Crippen MR) is 54.7 cm³/mol. The smallest absolute Gasteiger partial charge is 0.129 e. The lowest BCUT2D eigenvalue weighted by atomic mass is 10.1. The van der Waals surface area contributed by atoms with Crippen LogP contribution in [0.15, 0.2) is 12.4 Å². The summed E-state index contributed by atoms with van der Waals surface area (Å²) in [5, 5.41) is 4.13. The molecule has 0 radical (unpaired) electrons. The maximum absolute atomic E-state index is 13.4. The largest absolute Gasteiger partial charge is 0.330 e. The highest BCUT2D eigenvalue weighted by Gasteiger charge is 2.17. The molecule has 0 saturated carbocycles. The van der Waals surface area contributed by atoms with E-state index in [4.69, 9.17) is 5.73 Å². The number of alkyl halides is 1. The van der Waals surface area contributed by atoms with Crippen molar-refractivity contribution >= 4 is 0 Å². The van der Waals surface area contributed by atoms with E-state index in [0.717, 1.165) is 0 Å². The fourth-order valence-electron chi connectivity index (χ4n) is 1.18. The van der Waals surface area contributed by atoms with Gasteiger partial charge in [0.1, 0.15) is 6.17 Å². The van der Waals surface area contributed by atoms with Gasteiger partial charge in [0.05, 0.1) is 11.7 Å². The van der Waals surface area contributed by atoms with E-state index in [1.165, 1.54) is 0 Å². The van der Waals surface area contributed by atoms with Gasteiger partial charge >= 0.3 is 0 Å². The molecule has 1 heterocycles. The van der Waals surface area contributed by atoms with Gasteiger partial charge in [0.2, 0.25) is 0 Å². The zero-order chi connectivity index (χ0) is 10.8. The van der Waals surface area contributed by atoms with E-state index in [0.29, 0.717) is 18.5 Å². The average molecular weight is 199 g/mol. The molecule has 0 aliphatic rings. The number of hydrogen-bond acceptors (Lipinski definition) is 2. The molecule has 80 valence electrons. The molecule has 0 bridgehead atoms. The van der Waals surface area contributed by atoms with E-state index >= 15 is 0 Å². The molecule has 0 aliphatic carbocycles. The van der Waals surface area contributed by atoms with Crippen molar-refractivity contribution in [1.29, 1.82) is 0 Å². The van der Waals surface area contributed by atoms with Gasteiger partial charge in [-0.25, -0.2) is 4.39 Å². The first-order valence-corrected chi connectivity index (χ1v) is 4.84. The monoisotopic (exact) mass is 199 g/mol. The third kappa shape index (κ3) is 2.54. The van der Waals surface area contributed by atoms with Crippen molar-refractivity contribution in [2.24, 2.45) is 5.73 Å². The zero-order valence-electron chi connectivity index (χ0n) is 9.00. The van der Waals surface area contributed by atoms with E-state index < -0.39 is 6.17 Å². The fourth-order valence-corrected chi connectivity index (χ4v) is 1.18. The van der Waals surface area contributed by atoms with Gasteiger partial charge < -0.3 is 5.73 Å². The van der Waals surface area contributed by atoms with Crippen molar-refractivity contribution in [1.82, 2.24) is 9.78 Å². The quantitative estimate of drug-likeness (QED) is 0.809. The highest BCUT2D eigenvalue weighted by atomic mass is 19.1. The lowest BCUT2D eigenvalue weighted by Gasteiger charge is -2.18. The van der Waals surface area contributed by atoms with Crippen LogP contribution in [0.4, 0.5) is 4.39 Å². The molecular formula is C10H18FN3. The second-order valence-electron chi connectivity index (χ2n) is 4.43. The lowest BCUT2D eigenvalue weighted by molar-refractivity contribution is 0.324. The summed E-state index contributed by atoms with van der Waals surface area (Å²) in [5.74, 6) is 0. The van der Waals surface area contributed by atoms with Crippen LogP contribution in [0.1, 0.15) is 38.9 Å². The minimum Gasteiger partial charge on any atom is -0.330 e. The molecule has 0 fully saturated rings. The topological polar surface area (TPSA) is 43.8 Å². The minimum absolute atomic E-state index is 0.0965. The van der Waals surface area contributed by atoms with Gasteiger partial charge in [-0.3, -0.25) is 4.68 Å². The van der Waals surface area contributed by atoms with Gasteiger partial charge in [-0.05, 0) is 33.7 Å². The molecule has 4 heteroatoms. The minimum atomic E-state index is -0.990. The molecule has 1 rings (SSSR count). The maximum atomic E-state index is 13.4. The van der Waals surface area contributed by atoms with Crippen LogP contribution in [0.25, 0.3) is 0 Å². The average Bonchev–Trinajstić information content (AvgIpc) is 2.51. The van der Waals surface area contributed by atoms with Crippen molar-refractivity contribution in [2.45, 2.75) is 38.9 Å². The first-order valence-electron chi connectivity index (χ1n) is 4.84. The molecule has 3 nitrogen and oxygen atoms in total. The van der Waals surface area contributed by atoms with Crippen molar-refractivity contribution in [2.75, 3.05) is 6.54 Å². The first-order chi connectivity index (χ1) is 6.45. The molecule has 14 heavy (non-hydrogen) atoms. The van der Waals surface area contributed by atoms with Gasteiger partial charge in [0.15, 0.2) is 0 Å². The van der Waals surface area contributed by atoms with Crippen molar-refractivity contribution in [3.63, 3.8) is 0 Å². The highest BCUT2D eigenvalue weighted by molar-refractivity contribution is 5.09. The van der Waals surface area contributed by atoms with Gasteiger partial charge in [0, 0.05) is 11.8 Å². The molecule has 0 aromatic carbocycles. The van der Waals surface area contributed by atoms with Crippen LogP contribution in [-0.4, -0.2) is 16.3 Å². The third-order valence-electron chi connectivity index (χ3n) is 2.07. The van der Waals surface area contributed by atoms with E-state index in [9.17, 15) is 4.39 Å². The zero-order valence-corrected chi connectivity index (χ0v) is 9.00. The number of nitrogens with two attached hydrogens (primary N) is 1. The Bertz CT molecular complexity index is 288. The number of hydrogen-bond donors (Lipinski definition) is 1. The van der Waals surface area contributed by atoms with E-state index in [-0.39, 0.29) is 5.54 Å². The molecule has 1 unspecified atom stereocenters. The molecule has 1 atom stereocenters. The Morgan fingerprint density at radius 3 is 2.64 bits per heavy atom. The molecule has 1 aromatic heterocycles. The van der Waals surface area contributed by atoms with Crippen LogP contribution >= 0.6 is 0 Å². The van der Waals surface area contributed by atoms with Gasteiger partial charge in [-0.2, -0.15) is 5.10 Å². The van der Waals surface area contributed by atoms with Gasteiger partial charge in [-0.15, -0.1) is 0 Å². The molecule has 1 aromatic rings. The van der Waals surface area contributed by atoms with E-state index in [1.807, 2.05) is 20.8 Å². The Morgan fingerprint density at radius 2 is 2.21 bits per heavy atom. The Kier molecular flexibility index (Phi) is 3.26. The summed E-state index contributed by atoms with van der Waals surface area (Å²) in [6.07, 6.45) is 2.69. The third-order valence-corrected chi connectivity index (χ3v) is 2.07. The van der Waals surface area contributed by atoms with Crippen molar-refractivity contribution in [3.05, 3.63) is 18.0 Å². The number of nitrogens with zero attached hydrogens (tertiary/aromatic N) is 2. The summed E-state index contributed by atoms with van der Waals surface area (Å²) in [7, 11) is 0. The van der Waals surface area contributed by atoms with Gasteiger partial charge in [0.25, 0.3) is 0 Å². The summed E-state index contributed by atoms with van der Waals surface area (Å²) in [5.41, 5.74) is 5.81. The normalized spacial score (nSPS) is 14.4. The van der Waals surface area contributed by atoms with Crippen LogP contribution < -0.4 is 5.73 Å². The van der Waals surface area contributed by atoms with Crippen molar-refractivity contribution < 1.29 is 4.39 Å². The fraction of sp³-hybridized carbons (Fsp3) is 0.700. The summed E-state index contributed by atoms with van der Waals surface area (Å²) in [6, 6.07) is 0. The summed E-state index contributed by atoms with van der Waals surface area (Å²) in [6.45, 7) is 6.45.